The van der Waals surface area contributed by atoms with Crippen molar-refractivity contribution in [1.82, 2.24) is 0 Å². The van der Waals surface area contributed by atoms with Crippen LogP contribution >= 0.6 is 0 Å². The van der Waals surface area contributed by atoms with Crippen LogP contribution in [0.3, 0.4) is 0 Å². The van der Waals surface area contributed by atoms with Crippen molar-refractivity contribution in [3.63, 3.8) is 0 Å². The Morgan fingerprint density at radius 2 is 1.67 bits per heavy atom. The summed E-state index contributed by atoms with van der Waals surface area (Å²) >= 11 is 0. The zero-order valence-corrected chi connectivity index (χ0v) is 10.3. The van der Waals surface area contributed by atoms with Gasteiger partial charge in [-0.1, -0.05) is 0 Å². The smallest absolute Gasteiger partial charge is 0.384 e. The molecule has 0 fully saturated rings. The molecule has 5 heteroatoms. The Morgan fingerprint density at radius 3 is 2.22 bits per heavy atom. The van der Waals surface area contributed by atoms with Gasteiger partial charge >= 0.3 is 5.97 Å². The van der Waals surface area contributed by atoms with E-state index in [0.29, 0.717) is 17.1 Å². The van der Waals surface area contributed by atoms with Crippen molar-refractivity contribution >= 4 is 11.8 Å². The first-order chi connectivity index (χ1) is 8.62. The van der Waals surface area contributed by atoms with Gasteiger partial charge in [0.05, 0.1) is 21.3 Å². The van der Waals surface area contributed by atoms with Crippen LogP contribution in [0.25, 0.3) is 0 Å². The van der Waals surface area contributed by atoms with Gasteiger partial charge in [0.2, 0.25) is 5.78 Å². The largest absolute Gasteiger partial charge is 0.493 e. The molecule has 0 aliphatic rings. The highest BCUT2D eigenvalue weighted by atomic mass is 16.5. The van der Waals surface area contributed by atoms with Crippen LogP contribution in [0.2, 0.25) is 0 Å². The fourth-order valence-electron chi connectivity index (χ4n) is 1.21. The number of ether oxygens (including phenoxy) is 3. The first kappa shape index (κ1) is 13.6. The Labute approximate surface area is 105 Å². The van der Waals surface area contributed by atoms with Crippen molar-refractivity contribution in [2.75, 3.05) is 21.3 Å². The van der Waals surface area contributed by atoms with Crippen molar-refractivity contribution in [3.8, 4) is 23.3 Å². The fourth-order valence-corrected chi connectivity index (χ4v) is 1.21. The molecule has 5 nitrogen and oxygen atoms in total. The van der Waals surface area contributed by atoms with Gasteiger partial charge in [-0.3, -0.25) is 4.79 Å². The van der Waals surface area contributed by atoms with E-state index in [9.17, 15) is 9.59 Å². The molecule has 0 N–H and O–H groups in total. The summed E-state index contributed by atoms with van der Waals surface area (Å²) in [4.78, 5) is 22.4. The van der Waals surface area contributed by atoms with E-state index < -0.39 is 11.8 Å². The number of Topliss-reactive ketones (excluding diaryl/α,β-unsaturated/α-hetero) is 1. The van der Waals surface area contributed by atoms with E-state index in [0.717, 1.165) is 0 Å². The van der Waals surface area contributed by atoms with Crippen molar-refractivity contribution in [2.24, 2.45) is 0 Å². The molecule has 94 valence electrons. The van der Waals surface area contributed by atoms with E-state index in [-0.39, 0.29) is 0 Å². The maximum Gasteiger partial charge on any atom is 0.384 e. The number of hydrogen-bond donors (Lipinski definition) is 0. The molecule has 0 aliphatic heterocycles. The monoisotopic (exact) mass is 248 g/mol. The molecular formula is C13H12O5. The van der Waals surface area contributed by atoms with Crippen molar-refractivity contribution in [2.45, 2.75) is 0 Å². The minimum atomic E-state index is -0.760. The number of carbonyl (C=O) groups excluding carboxylic acids is 2. The summed E-state index contributed by atoms with van der Waals surface area (Å²) in [5.74, 6) is 3.91. The lowest BCUT2D eigenvalue weighted by atomic mass is 10.1. The normalized spacial score (nSPS) is 8.83. The highest BCUT2D eigenvalue weighted by Gasteiger charge is 2.09. The first-order valence-electron chi connectivity index (χ1n) is 4.98. The zero-order valence-electron chi connectivity index (χ0n) is 10.3. The van der Waals surface area contributed by atoms with Crippen LogP contribution in [0, 0.1) is 11.8 Å². The van der Waals surface area contributed by atoms with E-state index in [2.05, 4.69) is 16.6 Å². The average Bonchev–Trinajstić information content (AvgIpc) is 2.43. The summed E-state index contributed by atoms with van der Waals surface area (Å²) in [6.07, 6.45) is 0. The minimum absolute atomic E-state index is 0.309. The molecule has 0 amide bonds. The Kier molecular flexibility index (Phi) is 4.76. The fraction of sp³-hybridized carbons (Fsp3) is 0.231. The van der Waals surface area contributed by atoms with Crippen LogP contribution < -0.4 is 9.47 Å². The van der Waals surface area contributed by atoms with Gasteiger partial charge in [-0.25, -0.2) is 4.79 Å². The Hall–Kier alpha value is -2.48. The first-order valence-corrected chi connectivity index (χ1v) is 4.98. The van der Waals surface area contributed by atoms with Crippen molar-refractivity contribution in [1.29, 1.82) is 0 Å². The second-order valence-electron chi connectivity index (χ2n) is 3.14. The Morgan fingerprint density at radius 1 is 1.00 bits per heavy atom. The number of hydrogen-bond acceptors (Lipinski definition) is 5. The molecule has 0 aliphatic carbocycles. The van der Waals surface area contributed by atoms with Gasteiger partial charge in [0.15, 0.2) is 11.5 Å². The van der Waals surface area contributed by atoms with E-state index in [1.165, 1.54) is 33.5 Å². The van der Waals surface area contributed by atoms with Gasteiger partial charge in [-0.2, -0.15) is 0 Å². The predicted octanol–water partition coefficient (Wildman–Crippen LogP) is 1.06. The van der Waals surface area contributed by atoms with E-state index in [1.807, 2.05) is 0 Å². The number of carbonyl (C=O) groups is 2. The molecule has 0 spiro atoms. The average molecular weight is 248 g/mol. The third-order valence-corrected chi connectivity index (χ3v) is 2.11. The SMILES string of the molecule is COC(=O)C#CC(=O)c1ccc(OC)c(OC)c1. The molecule has 0 radical (unpaired) electrons. The number of methoxy groups -OCH3 is 3. The summed E-state index contributed by atoms with van der Waals surface area (Å²) in [5, 5.41) is 0. The third kappa shape index (κ3) is 3.25. The highest BCUT2D eigenvalue weighted by Crippen LogP contribution is 2.27. The van der Waals surface area contributed by atoms with Crippen LogP contribution in [0.4, 0.5) is 0 Å². The van der Waals surface area contributed by atoms with E-state index >= 15 is 0 Å². The lowest BCUT2D eigenvalue weighted by Crippen LogP contribution is -2.00. The molecular weight excluding hydrogens is 236 g/mol. The Balaban J connectivity index is 2.99. The molecule has 1 aromatic carbocycles. The summed E-state index contributed by atoms with van der Waals surface area (Å²) < 4.78 is 14.4. The van der Waals surface area contributed by atoms with Gasteiger partial charge < -0.3 is 14.2 Å². The highest BCUT2D eigenvalue weighted by molar-refractivity contribution is 6.12. The molecule has 0 aromatic heterocycles. The third-order valence-electron chi connectivity index (χ3n) is 2.11. The van der Waals surface area contributed by atoms with Gasteiger partial charge in [-0.15, -0.1) is 0 Å². The maximum atomic E-state index is 11.7. The van der Waals surface area contributed by atoms with Crippen LogP contribution in [-0.4, -0.2) is 33.1 Å². The summed E-state index contributed by atoms with van der Waals surface area (Å²) in [5.41, 5.74) is 0.309. The molecule has 0 bridgehead atoms. The van der Waals surface area contributed by atoms with Crippen LogP contribution in [0.1, 0.15) is 10.4 Å². The molecule has 0 atom stereocenters. The molecule has 0 saturated heterocycles. The molecule has 0 heterocycles. The molecule has 0 saturated carbocycles. The number of benzene rings is 1. The predicted molar refractivity (Wildman–Crippen MR) is 63.7 cm³/mol. The topological polar surface area (TPSA) is 61.8 Å². The van der Waals surface area contributed by atoms with E-state index in [1.54, 1.807) is 6.07 Å². The number of ketones is 1. The van der Waals surface area contributed by atoms with Gasteiger partial charge in [0.25, 0.3) is 0 Å². The quantitative estimate of drug-likeness (QED) is 0.263. The molecule has 1 rings (SSSR count). The van der Waals surface area contributed by atoms with E-state index in [4.69, 9.17) is 9.47 Å². The van der Waals surface area contributed by atoms with Crippen LogP contribution in [-0.2, 0) is 9.53 Å². The van der Waals surface area contributed by atoms with Crippen LogP contribution in [0.5, 0.6) is 11.5 Å². The second kappa shape index (κ2) is 6.30. The van der Waals surface area contributed by atoms with Gasteiger partial charge in [0.1, 0.15) is 0 Å². The lowest BCUT2D eigenvalue weighted by molar-refractivity contribution is -0.133. The molecule has 18 heavy (non-hydrogen) atoms. The summed E-state index contributed by atoms with van der Waals surface area (Å²) in [6, 6.07) is 4.62. The second-order valence-corrected chi connectivity index (χ2v) is 3.14. The minimum Gasteiger partial charge on any atom is -0.493 e. The Bertz CT molecular complexity index is 522. The van der Waals surface area contributed by atoms with Crippen LogP contribution in [0.15, 0.2) is 18.2 Å². The summed E-state index contributed by atoms with van der Waals surface area (Å²) in [7, 11) is 4.15. The summed E-state index contributed by atoms with van der Waals surface area (Å²) in [6.45, 7) is 0. The molecule has 1 aromatic rings. The standard InChI is InChI=1S/C13H12O5/c1-16-11-6-4-9(8-12(11)17-2)10(14)5-7-13(15)18-3/h4,6,8H,1-3H3. The zero-order chi connectivity index (χ0) is 13.5. The van der Waals surface area contributed by atoms with Crippen molar-refractivity contribution in [3.05, 3.63) is 23.8 Å². The van der Waals surface area contributed by atoms with Gasteiger partial charge in [-0.05, 0) is 24.1 Å². The lowest BCUT2D eigenvalue weighted by Gasteiger charge is -2.07. The number of rotatable bonds is 3. The molecule has 0 unspecified atom stereocenters. The van der Waals surface area contributed by atoms with Gasteiger partial charge in [0, 0.05) is 11.5 Å². The number of esters is 1. The maximum absolute atomic E-state index is 11.7. The van der Waals surface area contributed by atoms with Crippen molar-refractivity contribution < 1.29 is 23.8 Å².